The fourth-order valence-corrected chi connectivity index (χ4v) is 2.95. The van der Waals surface area contributed by atoms with Gasteiger partial charge in [0.25, 0.3) is 0 Å². The van der Waals surface area contributed by atoms with Gasteiger partial charge in [0.05, 0.1) is 9.90 Å². The van der Waals surface area contributed by atoms with Crippen molar-refractivity contribution < 1.29 is 9.90 Å². The van der Waals surface area contributed by atoms with Crippen LogP contribution in [0.2, 0.25) is 4.34 Å². The highest BCUT2D eigenvalue weighted by Crippen LogP contribution is 2.22. The number of pyridine rings is 1. The van der Waals surface area contributed by atoms with Gasteiger partial charge in [-0.1, -0.05) is 25.4 Å². The summed E-state index contributed by atoms with van der Waals surface area (Å²) in [5.74, 6) is -0.158. The SMILES string of the molecule is CC(C)c1cc(C(=O)O)cc(NCCc2ccc(Cl)s2)n1. The number of thiophene rings is 1. The third-order valence-electron chi connectivity index (χ3n) is 2.99. The van der Waals surface area contributed by atoms with Crippen molar-refractivity contribution in [2.24, 2.45) is 0 Å². The minimum atomic E-state index is -0.938. The first-order valence-corrected chi connectivity index (χ1v) is 7.88. The molecule has 4 nitrogen and oxygen atoms in total. The van der Waals surface area contributed by atoms with Crippen LogP contribution in [0.5, 0.6) is 0 Å². The standard InChI is InChI=1S/C15H17ClN2O2S/c1-9(2)12-7-10(15(19)20)8-14(18-12)17-6-5-11-3-4-13(16)21-11/h3-4,7-9H,5-6H2,1-2H3,(H,17,18)(H,19,20). The maximum absolute atomic E-state index is 11.2. The van der Waals surface area contributed by atoms with Gasteiger partial charge in [-0.3, -0.25) is 0 Å². The molecule has 0 amide bonds. The molecule has 0 atom stereocenters. The Bertz CT molecular complexity index is 640. The van der Waals surface area contributed by atoms with Crippen LogP contribution in [-0.2, 0) is 6.42 Å². The minimum absolute atomic E-state index is 0.181. The van der Waals surface area contributed by atoms with Crippen LogP contribution in [0.4, 0.5) is 5.82 Å². The summed E-state index contributed by atoms with van der Waals surface area (Å²) >= 11 is 7.44. The van der Waals surface area contributed by atoms with Crippen LogP contribution in [0.1, 0.15) is 40.7 Å². The maximum atomic E-state index is 11.2. The number of hydrogen-bond donors (Lipinski definition) is 2. The molecular weight excluding hydrogens is 308 g/mol. The highest BCUT2D eigenvalue weighted by molar-refractivity contribution is 7.16. The fourth-order valence-electron chi connectivity index (χ4n) is 1.86. The summed E-state index contributed by atoms with van der Waals surface area (Å²) < 4.78 is 0.776. The number of nitrogens with zero attached hydrogens (tertiary/aromatic N) is 1. The van der Waals surface area contributed by atoms with E-state index in [0.29, 0.717) is 12.4 Å². The van der Waals surface area contributed by atoms with Crippen LogP contribution in [0.3, 0.4) is 0 Å². The summed E-state index contributed by atoms with van der Waals surface area (Å²) in [7, 11) is 0. The van der Waals surface area contributed by atoms with Gasteiger partial charge < -0.3 is 10.4 Å². The summed E-state index contributed by atoms with van der Waals surface area (Å²) in [6.07, 6.45) is 0.827. The van der Waals surface area contributed by atoms with Crippen LogP contribution in [0.15, 0.2) is 24.3 Å². The lowest BCUT2D eigenvalue weighted by Gasteiger charge is -2.11. The molecule has 0 saturated heterocycles. The van der Waals surface area contributed by atoms with Gasteiger partial charge in [-0.15, -0.1) is 11.3 Å². The summed E-state index contributed by atoms with van der Waals surface area (Å²) in [4.78, 5) is 16.8. The number of carbonyl (C=O) groups is 1. The largest absolute Gasteiger partial charge is 0.478 e. The summed E-state index contributed by atoms with van der Waals surface area (Å²) in [6.45, 7) is 4.67. The molecule has 0 spiro atoms. The predicted octanol–water partition coefficient (Wildman–Crippen LogP) is 4.27. The zero-order valence-electron chi connectivity index (χ0n) is 11.9. The van der Waals surface area contributed by atoms with E-state index in [1.54, 1.807) is 23.5 Å². The van der Waals surface area contributed by atoms with Gasteiger partial charge in [-0.2, -0.15) is 0 Å². The van der Waals surface area contributed by atoms with E-state index < -0.39 is 5.97 Å². The number of nitrogens with one attached hydrogen (secondary N) is 1. The molecule has 112 valence electrons. The number of carboxylic acids is 1. The second kappa shape index (κ2) is 6.91. The van der Waals surface area contributed by atoms with Gasteiger partial charge in [0, 0.05) is 17.1 Å². The zero-order valence-corrected chi connectivity index (χ0v) is 13.5. The van der Waals surface area contributed by atoms with Crippen LogP contribution in [0, 0.1) is 0 Å². The molecule has 0 aliphatic heterocycles. The third-order valence-corrected chi connectivity index (χ3v) is 4.28. The molecule has 6 heteroatoms. The van der Waals surface area contributed by atoms with Gasteiger partial charge in [0.2, 0.25) is 0 Å². The van der Waals surface area contributed by atoms with E-state index in [0.717, 1.165) is 16.5 Å². The topological polar surface area (TPSA) is 62.2 Å². The molecule has 0 aliphatic carbocycles. The lowest BCUT2D eigenvalue weighted by Crippen LogP contribution is -2.09. The van der Waals surface area contributed by atoms with Crippen LogP contribution in [0.25, 0.3) is 0 Å². The molecule has 2 rings (SSSR count). The first-order valence-electron chi connectivity index (χ1n) is 6.69. The number of aromatic carboxylic acids is 1. The Kier molecular flexibility index (Phi) is 5.20. The lowest BCUT2D eigenvalue weighted by atomic mass is 10.1. The Labute approximate surface area is 132 Å². The van der Waals surface area contributed by atoms with E-state index in [1.807, 2.05) is 26.0 Å². The van der Waals surface area contributed by atoms with Crippen molar-refractivity contribution in [3.8, 4) is 0 Å². The van der Waals surface area contributed by atoms with Gasteiger partial charge in [0.1, 0.15) is 5.82 Å². The molecule has 0 radical (unpaired) electrons. The molecule has 0 saturated carbocycles. The van der Waals surface area contributed by atoms with Crippen molar-refractivity contribution in [2.45, 2.75) is 26.2 Å². The highest BCUT2D eigenvalue weighted by Gasteiger charge is 2.10. The van der Waals surface area contributed by atoms with Crippen LogP contribution in [-0.4, -0.2) is 22.6 Å². The molecular formula is C15H17ClN2O2S. The molecule has 0 aromatic carbocycles. The summed E-state index contributed by atoms with van der Waals surface area (Å²) in [6, 6.07) is 7.06. The molecule has 0 bridgehead atoms. The highest BCUT2D eigenvalue weighted by atomic mass is 35.5. The molecule has 2 heterocycles. The first kappa shape index (κ1) is 15.8. The van der Waals surface area contributed by atoms with Crippen molar-refractivity contribution in [1.82, 2.24) is 4.98 Å². The average Bonchev–Trinajstić information content (AvgIpc) is 2.84. The number of halogens is 1. The molecule has 21 heavy (non-hydrogen) atoms. The van der Waals surface area contributed by atoms with Crippen molar-refractivity contribution >= 4 is 34.7 Å². The monoisotopic (exact) mass is 324 g/mol. The number of aromatic nitrogens is 1. The normalized spacial score (nSPS) is 10.9. The molecule has 2 aromatic heterocycles. The lowest BCUT2D eigenvalue weighted by molar-refractivity contribution is 0.0696. The van der Waals surface area contributed by atoms with E-state index in [2.05, 4.69) is 10.3 Å². The molecule has 0 aliphatic rings. The van der Waals surface area contributed by atoms with Gasteiger partial charge >= 0.3 is 5.97 Å². The van der Waals surface area contributed by atoms with E-state index >= 15 is 0 Å². The zero-order chi connectivity index (χ0) is 15.4. The predicted molar refractivity (Wildman–Crippen MR) is 86.8 cm³/mol. The van der Waals surface area contributed by atoms with E-state index in [1.165, 1.54) is 4.88 Å². The Balaban J connectivity index is 2.06. The maximum Gasteiger partial charge on any atom is 0.335 e. The molecule has 0 unspecified atom stereocenters. The number of rotatable bonds is 6. The Hall–Kier alpha value is -1.59. The number of carboxylic acid groups (broad SMARTS) is 1. The number of hydrogen-bond acceptors (Lipinski definition) is 4. The van der Waals surface area contributed by atoms with E-state index in [9.17, 15) is 4.79 Å². The summed E-state index contributed by atoms with van der Waals surface area (Å²) in [5.41, 5.74) is 1.03. The van der Waals surface area contributed by atoms with Crippen LogP contribution < -0.4 is 5.32 Å². The summed E-state index contributed by atoms with van der Waals surface area (Å²) in [5, 5.41) is 12.3. The van der Waals surface area contributed by atoms with E-state index in [-0.39, 0.29) is 11.5 Å². The van der Waals surface area contributed by atoms with Crippen molar-refractivity contribution in [3.05, 3.63) is 44.7 Å². The van der Waals surface area contributed by atoms with Gasteiger partial charge in [-0.05, 0) is 36.6 Å². The van der Waals surface area contributed by atoms with Crippen molar-refractivity contribution in [2.75, 3.05) is 11.9 Å². The minimum Gasteiger partial charge on any atom is -0.478 e. The Morgan fingerprint density at radius 2 is 2.19 bits per heavy atom. The second-order valence-corrected chi connectivity index (χ2v) is 6.81. The molecule has 0 fully saturated rings. The average molecular weight is 325 g/mol. The smallest absolute Gasteiger partial charge is 0.335 e. The van der Waals surface area contributed by atoms with Crippen LogP contribution >= 0.6 is 22.9 Å². The Morgan fingerprint density at radius 3 is 2.76 bits per heavy atom. The van der Waals surface area contributed by atoms with E-state index in [4.69, 9.17) is 16.7 Å². The van der Waals surface area contributed by atoms with Crippen molar-refractivity contribution in [3.63, 3.8) is 0 Å². The molecule has 2 aromatic rings. The second-order valence-electron chi connectivity index (χ2n) is 5.01. The quantitative estimate of drug-likeness (QED) is 0.832. The third kappa shape index (κ3) is 4.44. The van der Waals surface area contributed by atoms with Gasteiger partial charge in [-0.25, -0.2) is 9.78 Å². The Morgan fingerprint density at radius 1 is 1.43 bits per heavy atom. The number of anilines is 1. The van der Waals surface area contributed by atoms with Gasteiger partial charge in [0.15, 0.2) is 0 Å². The van der Waals surface area contributed by atoms with Crippen molar-refractivity contribution in [1.29, 1.82) is 0 Å². The first-order chi connectivity index (χ1) is 9.95. The molecule has 2 N–H and O–H groups in total. The fraction of sp³-hybridized carbons (Fsp3) is 0.333.